The minimum absolute atomic E-state index is 0.0232. The van der Waals surface area contributed by atoms with Crippen LogP contribution >= 0.6 is 0 Å². The monoisotopic (exact) mass is 266 g/mol. The van der Waals surface area contributed by atoms with Crippen LogP contribution in [0.5, 0.6) is 11.5 Å². The Kier molecular flexibility index (Phi) is 6.15. The Morgan fingerprint density at radius 1 is 1.47 bits per heavy atom. The predicted molar refractivity (Wildman–Crippen MR) is 74.3 cm³/mol. The van der Waals surface area contributed by atoms with E-state index in [4.69, 9.17) is 4.74 Å². The van der Waals surface area contributed by atoms with Crippen molar-refractivity contribution in [3.63, 3.8) is 0 Å². The number of methoxy groups -OCH3 is 1. The first-order valence-electron chi connectivity index (χ1n) is 6.38. The number of hydrogen-bond acceptors (Lipinski definition) is 4. The molecule has 5 nitrogen and oxygen atoms in total. The topological polar surface area (TPSA) is 61.8 Å². The summed E-state index contributed by atoms with van der Waals surface area (Å²) in [5, 5.41) is 12.3. The highest BCUT2D eigenvalue weighted by molar-refractivity contribution is 5.77. The Morgan fingerprint density at radius 3 is 2.84 bits per heavy atom. The second kappa shape index (κ2) is 7.63. The Bertz CT molecular complexity index is 421. The van der Waals surface area contributed by atoms with Crippen molar-refractivity contribution in [2.75, 3.05) is 27.2 Å². The molecule has 0 radical (unpaired) electrons. The maximum atomic E-state index is 11.6. The first kappa shape index (κ1) is 15.3. The molecule has 106 valence electrons. The number of nitrogens with zero attached hydrogens (tertiary/aromatic N) is 1. The zero-order valence-corrected chi connectivity index (χ0v) is 11.8. The Morgan fingerprint density at radius 2 is 2.21 bits per heavy atom. The molecule has 0 spiro atoms. The number of carbonyl (C=O) groups excluding carboxylic acids is 1. The lowest BCUT2D eigenvalue weighted by atomic mass is 10.2. The molecule has 1 aromatic rings. The summed E-state index contributed by atoms with van der Waals surface area (Å²) >= 11 is 0. The van der Waals surface area contributed by atoms with E-state index >= 15 is 0 Å². The molecule has 1 aromatic carbocycles. The van der Waals surface area contributed by atoms with Crippen LogP contribution in [-0.4, -0.2) is 43.2 Å². The average Bonchev–Trinajstić information content (AvgIpc) is 2.38. The molecule has 0 aromatic heterocycles. The van der Waals surface area contributed by atoms with E-state index in [9.17, 15) is 9.90 Å². The summed E-state index contributed by atoms with van der Waals surface area (Å²) in [4.78, 5) is 13.5. The number of ether oxygens (including phenoxy) is 1. The van der Waals surface area contributed by atoms with Crippen LogP contribution in [0.3, 0.4) is 0 Å². The van der Waals surface area contributed by atoms with Crippen molar-refractivity contribution >= 4 is 5.91 Å². The second-order valence-electron chi connectivity index (χ2n) is 4.53. The van der Waals surface area contributed by atoms with Gasteiger partial charge in [0.2, 0.25) is 5.91 Å². The summed E-state index contributed by atoms with van der Waals surface area (Å²) in [5.41, 5.74) is 0.987. The SMILES string of the molecule is CCCNC(=O)CN(C)Cc1ccc(O)c(OC)c1. The fraction of sp³-hybridized carbons (Fsp3) is 0.500. The third-order valence-corrected chi connectivity index (χ3v) is 2.68. The lowest BCUT2D eigenvalue weighted by molar-refractivity contribution is -0.122. The van der Waals surface area contributed by atoms with Gasteiger partial charge in [-0.3, -0.25) is 9.69 Å². The van der Waals surface area contributed by atoms with Crippen LogP contribution in [0.1, 0.15) is 18.9 Å². The summed E-state index contributed by atoms with van der Waals surface area (Å²) < 4.78 is 5.05. The van der Waals surface area contributed by atoms with Gasteiger partial charge in [-0.05, 0) is 31.2 Å². The summed E-state index contributed by atoms with van der Waals surface area (Å²) in [6.07, 6.45) is 0.935. The fourth-order valence-electron chi connectivity index (χ4n) is 1.75. The molecule has 5 heteroatoms. The summed E-state index contributed by atoms with van der Waals surface area (Å²) in [6, 6.07) is 5.19. The minimum atomic E-state index is 0.0232. The lowest BCUT2D eigenvalue weighted by Crippen LogP contribution is -2.35. The number of benzene rings is 1. The number of aromatic hydroxyl groups is 1. The average molecular weight is 266 g/mol. The maximum Gasteiger partial charge on any atom is 0.234 e. The van der Waals surface area contributed by atoms with Crippen molar-refractivity contribution in [1.82, 2.24) is 10.2 Å². The molecule has 0 aliphatic rings. The quantitative estimate of drug-likeness (QED) is 0.782. The van der Waals surface area contributed by atoms with Crippen LogP contribution < -0.4 is 10.1 Å². The summed E-state index contributed by atoms with van der Waals surface area (Å²) in [6.45, 7) is 3.70. The molecule has 0 unspecified atom stereocenters. The first-order chi connectivity index (χ1) is 9.06. The third kappa shape index (κ3) is 5.18. The number of carbonyl (C=O) groups is 1. The van der Waals surface area contributed by atoms with Gasteiger partial charge in [-0.15, -0.1) is 0 Å². The first-order valence-corrected chi connectivity index (χ1v) is 6.38. The molecule has 0 bridgehead atoms. The molecule has 1 rings (SSSR count). The van der Waals surface area contributed by atoms with Crippen molar-refractivity contribution in [2.45, 2.75) is 19.9 Å². The molecule has 1 amide bonds. The fourth-order valence-corrected chi connectivity index (χ4v) is 1.75. The molecule has 0 saturated heterocycles. The van der Waals surface area contributed by atoms with E-state index < -0.39 is 0 Å². The molecule has 0 aliphatic heterocycles. The third-order valence-electron chi connectivity index (χ3n) is 2.68. The van der Waals surface area contributed by atoms with Crippen molar-refractivity contribution < 1.29 is 14.6 Å². The van der Waals surface area contributed by atoms with Gasteiger partial charge in [0, 0.05) is 13.1 Å². The highest BCUT2D eigenvalue weighted by Gasteiger charge is 2.08. The molecule has 19 heavy (non-hydrogen) atoms. The van der Waals surface area contributed by atoms with E-state index in [1.54, 1.807) is 12.1 Å². The van der Waals surface area contributed by atoms with Gasteiger partial charge < -0.3 is 15.2 Å². The van der Waals surface area contributed by atoms with Gasteiger partial charge in [0.1, 0.15) is 0 Å². The number of amides is 1. The molecule has 0 atom stereocenters. The number of phenolic OH excluding ortho intramolecular Hbond substituents is 1. The van der Waals surface area contributed by atoms with Crippen LogP contribution in [0, 0.1) is 0 Å². The predicted octanol–water partition coefficient (Wildman–Crippen LogP) is 1.36. The van der Waals surface area contributed by atoms with E-state index in [1.807, 2.05) is 24.9 Å². The Balaban J connectivity index is 2.52. The Hall–Kier alpha value is -1.75. The molecule has 0 saturated carbocycles. The largest absolute Gasteiger partial charge is 0.504 e. The number of likely N-dealkylation sites (N-methyl/N-ethyl adjacent to an activating group) is 1. The molecule has 0 fully saturated rings. The van der Waals surface area contributed by atoms with Gasteiger partial charge >= 0.3 is 0 Å². The zero-order valence-electron chi connectivity index (χ0n) is 11.8. The maximum absolute atomic E-state index is 11.6. The van der Waals surface area contributed by atoms with Gasteiger partial charge in [-0.25, -0.2) is 0 Å². The van der Waals surface area contributed by atoms with E-state index in [1.165, 1.54) is 7.11 Å². The second-order valence-corrected chi connectivity index (χ2v) is 4.53. The highest BCUT2D eigenvalue weighted by atomic mass is 16.5. The number of phenols is 1. The van der Waals surface area contributed by atoms with Gasteiger partial charge in [0.15, 0.2) is 11.5 Å². The van der Waals surface area contributed by atoms with E-state index in [-0.39, 0.29) is 11.7 Å². The zero-order chi connectivity index (χ0) is 14.3. The summed E-state index contributed by atoms with van der Waals surface area (Å²) in [5.74, 6) is 0.589. The number of nitrogens with one attached hydrogen (secondary N) is 1. The number of hydrogen-bond donors (Lipinski definition) is 2. The van der Waals surface area contributed by atoms with Crippen molar-refractivity contribution in [1.29, 1.82) is 0 Å². The lowest BCUT2D eigenvalue weighted by Gasteiger charge is -2.17. The van der Waals surface area contributed by atoms with Gasteiger partial charge in [0.25, 0.3) is 0 Å². The van der Waals surface area contributed by atoms with Gasteiger partial charge in [-0.1, -0.05) is 13.0 Å². The van der Waals surface area contributed by atoms with Crippen LogP contribution in [0.25, 0.3) is 0 Å². The minimum Gasteiger partial charge on any atom is -0.504 e. The van der Waals surface area contributed by atoms with Gasteiger partial charge in [-0.2, -0.15) is 0 Å². The highest BCUT2D eigenvalue weighted by Crippen LogP contribution is 2.26. The molecule has 0 heterocycles. The van der Waals surface area contributed by atoms with Crippen LogP contribution in [0.4, 0.5) is 0 Å². The van der Waals surface area contributed by atoms with Crippen molar-refractivity contribution in [3.8, 4) is 11.5 Å². The summed E-state index contributed by atoms with van der Waals surface area (Å²) in [7, 11) is 3.39. The standard InChI is InChI=1S/C14H22N2O3/c1-4-7-15-14(18)10-16(2)9-11-5-6-12(17)13(8-11)19-3/h5-6,8,17H,4,7,9-10H2,1-3H3,(H,15,18). The van der Waals surface area contributed by atoms with E-state index in [0.29, 0.717) is 25.4 Å². The molecular weight excluding hydrogens is 244 g/mol. The Labute approximate surface area is 114 Å². The molecular formula is C14H22N2O3. The molecule has 0 aliphatic carbocycles. The molecule has 2 N–H and O–H groups in total. The van der Waals surface area contributed by atoms with Crippen molar-refractivity contribution in [3.05, 3.63) is 23.8 Å². The van der Waals surface area contributed by atoms with Gasteiger partial charge in [0.05, 0.1) is 13.7 Å². The van der Waals surface area contributed by atoms with E-state index in [0.717, 1.165) is 12.0 Å². The van der Waals surface area contributed by atoms with Crippen molar-refractivity contribution in [2.24, 2.45) is 0 Å². The van der Waals surface area contributed by atoms with E-state index in [2.05, 4.69) is 5.32 Å². The normalized spacial score (nSPS) is 10.5. The van der Waals surface area contributed by atoms with Crippen LogP contribution in [0.15, 0.2) is 18.2 Å². The van der Waals surface area contributed by atoms with Crippen LogP contribution in [-0.2, 0) is 11.3 Å². The number of rotatable bonds is 7. The smallest absolute Gasteiger partial charge is 0.234 e. The van der Waals surface area contributed by atoms with Crippen LogP contribution in [0.2, 0.25) is 0 Å².